The van der Waals surface area contributed by atoms with Gasteiger partial charge in [-0.05, 0) is 44.2 Å². The molecule has 2 aromatic rings. The van der Waals surface area contributed by atoms with E-state index < -0.39 is 12.3 Å². The second-order valence-electron chi connectivity index (χ2n) is 12.0. The molecule has 0 bridgehead atoms. The van der Waals surface area contributed by atoms with E-state index in [4.69, 9.17) is 18.9 Å². The molecule has 2 saturated heterocycles. The van der Waals surface area contributed by atoms with Crippen molar-refractivity contribution in [2.24, 2.45) is 4.99 Å². The topological polar surface area (TPSA) is 125 Å². The number of rotatable bonds is 11. The number of hydrogen-bond donors (Lipinski definition) is 2. The van der Waals surface area contributed by atoms with Gasteiger partial charge in [-0.25, -0.2) is 5.43 Å². The van der Waals surface area contributed by atoms with Crippen molar-refractivity contribution in [3.8, 4) is 23.0 Å². The van der Waals surface area contributed by atoms with Gasteiger partial charge in [-0.1, -0.05) is 24.3 Å². The van der Waals surface area contributed by atoms with E-state index in [1.165, 1.54) is 7.11 Å². The van der Waals surface area contributed by atoms with E-state index in [0.717, 1.165) is 36.8 Å². The Bertz CT molecular complexity index is 1590. The van der Waals surface area contributed by atoms with Crippen LogP contribution in [0.1, 0.15) is 52.8 Å². The van der Waals surface area contributed by atoms with E-state index >= 15 is 0 Å². The number of methoxy groups -OCH3 is 2. The van der Waals surface area contributed by atoms with Gasteiger partial charge in [0.25, 0.3) is 11.8 Å². The molecule has 0 aromatic heterocycles. The molecular weight excluding hydrogens is 590 g/mol. The number of aliphatic hydroxyl groups excluding tert-OH is 1. The molecule has 46 heavy (non-hydrogen) atoms. The zero-order valence-corrected chi connectivity index (χ0v) is 26.6. The molecule has 0 radical (unpaired) electrons. The van der Waals surface area contributed by atoms with Crippen LogP contribution in [0.25, 0.3) is 0 Å². The predicted molar refractivity (Wildman–Crippen MR) is 174 cm³/mol. The molecule has 0 saturated carbocycles. The van der Waals surface area contributed by atoms with Gasteiger partial charge in [0.15, 0.2) is 29.2 Å². The summed E-state index contributed by atoms with van der Waals surface area (Å²) in [5.41, 5.74) is 6.96. The van der Waals surface area contributed by atoms with Crippen LogP contribution in [0, 0.1) is 0 Å². The molecule has 4 aliphatic rings. The first-order valence-corrected chi connectivity index (χ1v) is 15.6. The van der Waals surface area contributed by atoms with E-state index in [9.17, 15) is 14.7 Å². The van der Waals surface area contributed by atoms with E-state index in [1.807, 2.05) is 6.21 Å². The molecule has 244 valence electrons. The SMILES string of the molecule is C=C1CC2C=Nc3cc(OCCCCCOc4cc5c(cc4OC)C(=O)N4CC(=C)C[C@H]4C(O)N5NC)c(OC)cc3C(=O)N2C1. The Hall–Kier alpha value is -4.55. The average Bonchev–Trinajstić information content (AvgIpc) is 3.59. The first-order chi connectivity index (χ1) is 22.2. The predicted octanol–water partition coefficient (Wildman–Crippen LogP) is 3.86. The Labute approximate surface area is 268 Å². The Morgan fingerprint density at radius 3 is 2.13 bits per heavy atom. The van der Waals surface area contributed by atoms with Crippen molar-refractivity contribution in [3.05, 3.63) is 59.7 Å². The standard InChI is InChI=1S/C34H41N5O7/c1-20-11-22-17-36-25-15-30(28(43-4)13-23(25)32(40)37(22)18-20)45-9-7-6-8-10-46-31-16-26-24(14-29(31)44-5)33(41)38-19-21(2)12-27(38)34(42)39(26)35-3/h13-17,22,27,34-35,42H,1-2,6-12,18-19H2,3-5H3/t22?,27-,34?/m0/s1. The quantitative estimate of drug-likeness (QED) is 0.281. The molecule has 2 fully saturated rings. The summed E-state index contributed by atoms with van der Waals surface area (Å²) in [7, 11) is 4.80. The molecule has 0 spiro atoms. The van der Waals surface area contributed by atoms with Crippen LogP contribution in [0.5, 0.6) is 23.0 Å². The van der Waals surface area contributed by atoms with Gasteiger partial charge in [-0.2, -0.15) is 0 Å². The largest absolute Gasteiger partial charge is 0.493 e. The molecule has 12 nitrogen and oxygen atoms in total. The fourth-order valence-electron chi connectivity index (χ4n) is 6.58. The smallest absolute Gasteiger partial charge is 0.257 e. The first-order valence-electron chi connectivity index (χ1n) is 15.6. The van der Waals surface area contributed by atoms with Gasteiger partial charge in [0.1, 0.15) is 0 Å². The Morgan fingerprint density at radius 2 is 1.46 bits per heavy atom. The highest BCUT2D eigenvalue weighted by Crippen LogP contribution is 2.41. The second-order valence-corrected chi connectivity index (χ2v) is 12.0. The van der Waals surface area contributed by atoms with Crippen LogP contribution >= 0.6 is 0 Å². The minimum absolute atomic E-state index is 0.0781. The molecule has 4 aliphatic heterocycles. The summed E-state index contributed by atoms with van der Waals surface area (Å²) < 4.78 is 23.3. The second kappa shape index (κ2) is 13.1. The third-order valence-corrected chi connectivity index (χ3v) is 8.93. The van der Waals surface area contributed by atoms with Crippen LogP contribution in [0.3, 0.4) is 0 Å². The van der Waals surface area contributed by atoms with Crippen LogP contribution in [-0.2, 0) is 0 Å². The lowest BCUT2D eigenvalue weighted by atomic mass is 10.1. The van der Waals surface area contributed by atoms with Gasteiger partial charge in [-0.3, -0.25) is 19.6 Å². The van der Waals surface area contributed by atoms with Gasteiger partial charge in [0.05, 0.1) is 62.0 Å². The number of hydrogen-bond acceptors (Lipinski definition) is 10. The Morgan fingerprint density at radius 1 is 0.848 bits per heavy atom. The molecule has 2 N–H and O–H groups in total. The highest BCUT2D eigenvalue weighted by Gasteiger charge is 2.43. The number of aliphatic hydroxyl groups is 1. The van der Waals surface area contributed by atoms with E-state index in [2.05, 4.69) is 23.6 Å². The summed E-state index contributed by atoms with van der Waals surface area (Å²) in [5.74, 6) is 1.69. The average molecular weight is 632 g/mol. The molecule has 6 rings (SSSR count). The molecule has 0 aliphatic carbocycles. The maximum absolute atomic E-state index is 13.5. The Balaban J connectivity index is 1.05. The fraction of sp³-hybridized carbons (Fsp3) is 0.441. The molecular formula is C34H41N5O7. The van der Waals surface area contributed by atoms with Crippen molar-refractivity contribution in [3.63, 3.8) is 0 Å². The number of anilines is 1. The van der Waals surface area contributed by atoms with Gasteiger partial charge < -0.3 is 33.9 Å². The van der Waals surface area contributed by atoms with Crippen molar-refractivity contribution >= 4 is 29.4 Å². The van der Waals surface area contributed by atoms with Crippen LogP contribution in [0.15, 0.2) is 53.6 Å². The van der Waals surface area contributed by atoms with Crippen LogP contribution < -0.4 is 29.4 Å². The lowest BCUT2D eigenvalue weighted by molar-refractivity contribution is 0.0490. The lowest BCUT2D eigenvalue weighted by Crippen LogP contribution is -2.52. The molecule has 4 heterocycles. The summed E-state index contributed by atoms with van der Waals surface area (Å²) in [6, 6.07) is 6.40. The number of nitrogens with zero attached hydrogens (tertiary/aromatic N) is 4. The third kappa shape index (κ3) is 5.78. The molecule has 2 unspecified atom stereocenters. The van der Waals surface area contributed by atoms with Gasteiger partial charge in [-0.15, -0.1) is 0 Å². The van der Waals surface area contributed by atoms with E-state index in [1.54, 1.807) is 53.2 Å². The number of carbonyl (C=O) groups excluding carboxylic acids is 2. The van der Waals surface area contributed by atoms with E-state index in [0.29, 0.717) is 78.2 Å². The normalized spacial score (nSPS) is 21.8. The molecule has 3 atom stereocenters. The maximum atomic E-state index is 13.5. The molecule has 2 aromatic carbocycles. The van der Waals surface area contributed by atoms with Crippen LogP contribution in [0.2, 0.25) is 0 Å². The van der Waals surface area contributed by atoms with Crippen LogP contribution in [-0.4, -0.2) is 98.8 Å². The van der Waals surface area contributed by atoms with Gasteiger partial charge in [0.2, 0.25) is 0 Å². The first kappa shape index (κ1) is 31.4. The van der Waals surface area contributed by atoms with Crippen molar-refractivity contribution in [1.82, 2.24) is 15.2 Å². The van der Waals surface area contributed by atoms with Crippen molar-refractivity contribution < 1.29 is 33.6 Å². The summed E-state index contributed by atoms with van der Waals surface area (Å²) in [4.78, 5) is 34.7. The highest BCUT2D eigenvalue weighted by atomic mass is 16.5. The summed E-state index contributed by atoms with van der Waals surface area (Å²) in [6.45, 7) is 9.87. The molecule has 12 heteroatoms. The van der Waals surface area contributed by atoms with Crippen molar-refractivity contribution in [2.45, 2.75) is 50.4 Å². The van der Waals surface area contributed by atoms with Gasteiger partial charge in [0, 0.05) is 38.5 Å². The fourth-order valence-corrected chi connectivity index (χ4v) is 6.58. The zero-order chi connectivity index (χ0) is 32.5. The zero-order valence-electron chi connectivity index (χ0n) is 26.6. The number of hydrazine groups is 1. The van der Waals surface area contributed by atoms with Crippen LogP contribution in [0.4, 0.5) is 11.4 Å². The summed E-state index contributed by atoms with van der Waals surface area (Å²) >= 11 is 0. The third-order valence-electron chi connectivity index (χ3n) is 8.93. The maximum Gasteiger partial charge on any atom is 0.257 e. The Kier molecular flexibility index (Phi) is 8.92. The minimum Gasteiger partial charge on any atom is -0.493 e. The summed E-state index contributed by atoms with van der Waals surface area (Å²) in [6.07, 6.45) is 4.46. The number of carbonyl (C=O) groups is 2. The summed E-state index contributed by atoms with van der Waals surface area (Å²) in [5, 5.41) is 12.8. The molecule has 2 amide bonds. The van der Waals surface area contributed by atoms with Gasteiger partial charge >= 0.3 is 0 Å². The number of unbranched alkanes of at least 4 members (excludes halogenated alkanes) is 2. The number of benzene rings is 2. The highest BCUT2D eigenvalue weighted by molar-refractivity contribution is 6.04. The van der Waals surface area contributed by atoms with Crippen molar-refractivity contribution in [1.29, 1.82) is 0 Å². The number of aliphatic imine (C=N–C) groups is 1. The lowest BCUT2D eigenvalue weighted by Gasteiger charge is -2.32. The van der Waals surface area contributed by atoms with Crippen molar-refractivity contribution in [2.75, 3.05) is 52.6 Å². The van der Waals surface area contributed by atoms with E-state index in [-0.39, 0.29) is 17.9 Å². The number of fused-ring (bicyclic) bond motifs is 4. The monoisotopic (exact) mass is 631 g/mol. The minimum atomic E-state index is -0.959. The number of amides is 2. The number of ether oxygens (including phenoxy) is 4. The number of nitrogens with one attached hydrogen (secondary N) is 1.